The van der Waals surface area contributed by atoms with Crippen molar-refractivity contribution in [3.05, 3.63) is 215 Å². The molecule has 0 amide bonds. The quantitative estimate of drug-likeness (QED) is 0.0621. The molecule has 0 unspecified atom stereocenters. The number of rotatable bonds is 23. The molecule has 2 aliphatic heterocycles. The number of hydrogen-bond donors (Lipinski definition) is 0. The van der Waals surface area contributed by atoms with E-state index < -0.39 is 55.3 Å². The van der Waals surface area contributed by atoms with E-state index in [1.54, 1.807) is 7.11 Å². The van der Waals surface area contributed by atoms with Crippen LogP contribution in [0.1, 0.15) is 33.4 Å². The lowest BCUT2D eigenvalue weighted by molar-refractivity contribution is -0.332. The second-order valence-corrected chi connectivity index (χ2v) is 16.0. The molecule has 8 rings (SSSR count). The zero-order valence-electron chi connectivity index (χ0n) is 36.3. The normalized spacial score (nSPS) is 24.4. The molecule has 0 radical (unpaired) electrons. The predicted molar refractivity (Wildman–Crippen MR) is 241 cm³/mol. The molecule has 2 aliphatic rings. The molecule has 0 aliphatic carbocycles. The summed E-state index contributed by atoms with van der Waals surface area (Å²) in [5.41, 5.74) is 6.12. The van der Waals surface area contributed by atoms with Crippen LogP contribution in [0.15, 0.2) is 182 Å². The largest absolute Gasteiger partial charge is 0.374 e. The fourth-order valence-corrected chi connectivity index (χ4v) is 8.00. The molecular weight excluding hydrogens is 809 g/mol. The first-order valence-corrected chi connectivity index (χ1v) is 22.0. The van der Waals surface area contributed by atoms with Crippen molar-refractivity contribution in [2.45, 2.75) is 94.9 Å². The van der Waals surface area contributed by atoms with Gasteiger partial charge >= 0.3 is 0 Å². The monoisotopic (exact) mass is 866 g/mol. The first-order chi connectivity index (χ1) is 31.7. The highest BCUT2D eigenvalue weighted by molar-refractivity contribution is 5.18. The van der Waals surface area contributed by atoms with Crippen molar-refractivity contribution in [3.63, 3.8) is 0 Å². The van der Waals surface area contributed by atoms with Crippen molar-refractivity contribution < 1.29 is 47.4 Å². The maximum atomic E-state index is 6.98. The molecule has 0 N–H and O–H groups in total. The minimum Gasteiger partial charge on any atom is -0.374 e. The molecule has 2 saturated heterocycles. The minimum absolute atomic E-state index is 0.0684. The summed E-state index contributed by atoms with van der Waals surface area (Å²) in [5, 5.41) is 0. The highest BCUT2D eigenvalue weighted by atomic mass is 16.8. The topological polar surface area (TPSA) is 92.3 Å². The van der Waals surface area contributed by atoms with E-state index in [0.29, 0.717) is 33.0 Å². The van der Waals surface area contributed by atoms with Gasteiger partial charge < -0.3 is 47.4 Å². The number of methoxy groups -OCH3 is 1. The highest BCUT2D eigenvalue weighted by Gasteiger charge is 2.51. The summed E-state index contributed by atoms with van der Waals surface area (Å²) in [6.07, 6.45) is -5.99. The number of ether oxygens (including phenoxy) is 10. The Hall–Kier alpha value is -5.08. The molecule has 6 aromatic rings. The third-order valence-electron chi connectivity index (χ3n) is 11.3. The molecule has 10 heteroatoms. The van der Waals surface area contributed by atoms with Gasteiger partial charge in [-0.25, -0.2) is 0 Å². The Kier molecular flexibility index (Phi) is 17.3. The van der Waals surface area contributed by atoms with Crippen molar-refractivity contribution >= 4 is 0 Å². The standard InChI is InChI=1S/C54H58O10/c1-55-53-51(60-36-44-28-16-6-17-29-44)49(58-34-42-24-12-4-13-25-42)47(63-53)39-62-54-52(61-37-45-30-18-7-19-31-45)50(59-35-43-26-14-5-15-27-43)48(57-33-41-22-10-3-11-23-41)46(64-54)38-56-32-40-20-8-2-9-21-40/h2-31,46-54H,32-39H2,1H3/t46-,47-,48-,49-,50+,51+,52-,53-,54-/m1/s1. The SMILES string of the molecule is CO[C@@H]1O[C@H](CO[C@@H]2O[C@H](COCc3ccccc3)[C@@H](OCc3ccccc3)[C@H](OCc3ccccc3)[C@H]2OCc2ccccc2)[C@@H](OCc2ccccc2)[C@@H]1OCc1ccccc1. The first-order valence-electron chi connectivity index (χ1n) is 22.0. The van der Waals surface area contributed by atoms with Crippen molar-refractivity contribution in [3.8, 4) is 0 Å². The number of benzene rings is 6. The molecule has 334 valence electrons. The minimum atomic E-state index is -0.935. The Bertz CT molecular complexity index is 2170. The van der Waals surface area contributed by atoms with Crippen LogP contribution in [0, 0.1) is 0 Å². The third kappa shape index (κ3) is 13.0. The van der Waals surface area contributed by atoms with Crippen LogP contribution in [0.5, 0.6) is 0 Å². The summed E-state index contributed by atoms with van der Waals surface area (Å²) in [7, 11) is 1.61. The molecule has 2 heterocycles. The zero-order chi connectivity index (χ0) is 43.6. The fraction of sp³-hybridized carbons (Fsp3) is 0.333. The molecule has 0 bridgehead atoms. The molecule has 2 fully saturated rings. The smallest absolute Gasteiger partial charge is 0.187 e. The Morgan fingerprint density at radius 2 is 0.609 bits per heavy atom. The average Bonchev–Trinajstić information content (AvgIpc) is 3.70. The predicted octanol–water partition coefficient (Wildman–Crippen LogP) is 9.24. The summed E-state index contributed by atoms with van der Waals surface area (Å²) in [6, 6.07) is 60.4. The summed E-state index contributed by atoms with van der Waals surface area (Å²) in [5.74, 6) is 0. The zero-order valence-corrected chi connectivity index (χ0v) is 36.3. The van der Waals surface area contributed by atoms with E-state index in [9.17, 15) is 0 Å². The summed E-state index contributed by atoms with van der Waals surface area (Å²) in [6.45, 7) is 2.27. The van der Waals surface area contributed by atoms with E-state index in [-0.39, 0.29) is 19.8 Å². The van der Waals surface area contributed by atoms with Gasteiger partial charge in [-0.1, -0.05) is 182 Å². The van der Waals surface area contributed by atoms with Crippen LogP contribution in [0.3, 0.4) is 0 Å². The maximum Gasteiger partial charge on any atom is 0.187 e. The van der Waals surface area contributed by atoms with Crippen LogP contribution in [0.4, 0.5) is 0 Å². The third-order valence-corrected chi connectivity index (χ3v) is 11.3. The molecule has 64 heavy (non-hydrogen) atoms. The van der Waals surface area contributed by atoms with E-state index in [1.807, 2.05) is 182 Å². The lowest BCUT2D eigenvalue weighted by atomic mass is 9.97. The van der Waals surface area contributed by atoms with Crippen LogP contribution >= 0.6 is 0 Å². The van der Waals surface area contributed by atoms with Crippen molar-refractivity contribution in [2.75, 3.05) is 20.3 Å². The van der Waals surface area contributed by atoms with Crippen LogP contribution in [-0.4, -0.2) is 75.6 Å². The highest BCUT2D eigenvalue weighted by Crippen LogP contribution is 2.34. The maximum absolute atomic E-state index is 6.98. The molecule has 0 spiro atoms. The summed E-state index contributed by atoms with van der Waals surface area (Å²) < 4.78 is 66.6. The Morgan fingerprint density at radius 1 is 0.312 bits per heavy atom. The first kappa shape index (κ1) is 45.5. The van der Waals surface area contributed by atoms with Gasteiger partial charge in [-0.05, 0) is 33.4 Å². The van der Waals surface area contributed by atoms with Crippen molar-refractivity contribution in [2.24, 2.45) is 0 Å². The van der Waals surface area contributed by atoms with E-state index in [0.717, 1.165) is 33.4 Å². The van der Waals surface area contributed by atoms with Crippen molar-refractivity contribution in [1.29, 1.82) is 0 Å². The molecule has 9 atom stereocenters. The average molecular weight is 867 g/mol. The summed E-state index contributed by atoms with van der Waals surface area (Å²) >= 11 is 0. The lowest BCUT2D eigenvalue weighted by Crippen LogP contribution is -2.62. The van der Waals surface area contributed by atoms with E-state index in [2.05, 4.69) is 0 Å². The lowest BCUT2D eigenvalue weighted by Gasteiger charge is -2.46. The Balaban J connectivity index is 1.09. The second kappa shape index (κ2) is 24.3. The van der Waals surface area contributed by atoms with Gasteiger partial charge in [0.15, 0.2) is 12.6 Å². The number of hydrogen-bond acceptors (Lipinski definition) is 10. The van der Waals surface area contributed by atoms with Gasteiger partial charge in [0.05, 0.1) is 52.9 Å². The van der Waals surface area contributed by atoms with Gasteiger partial charge in [0.25, 0.3) is 0 Å². The van der Waals surface area contributed by atoms with Crippen LogP contribution in [-0.2, 0) is 87.0 Å². The van der Waals surface area contributed by atoms with Crippen LogP contribution in [0.2, 0.25) is 0 Å². The van der Waals surface area contributed by atoms with Gasteiger partial charge in [-0.3, -0.25) is 0 Å². The van der Waals surface area contributed by atoms with Gasteiger partial charge in [0, 0.05) is 7.11 Å². The Labute approximate surface area is 376 Å². The summed E-state index contributed by atoms with van der Waals surface area (Å²) in [4.78, 5) is 0. The van der Waals surface area contributed by atoms with Gasteiger partial charge in [0.1, 0.15) is 42.7 Å². The van der Waals surface area contributed by atoms with Gasteiger partial charge in [-0.2, -0.15) is 0 Å². The van der Waals surface area contributed by atoms with E-state index >= 15 is 0 Å². The molecule has 0 aromatic heterocycles. The molecule has 0 saturated carbocycles. The Morgan fingerprint density at radius 3 is 1.00 bits per heavy atom. The van der Waals surface area contributed by atoms with Gasteiger partial charge in [-0.15, -0.1) is 0 Å². The fourth-order valence-electron chi connectivity index (χ4n) is 8.00. The van der Waals surface area contributed by atoms with Gasteiger partial charge in [0.2, 0.25) is 0 Å². The molecule has 10 nitrogen and oxygen atoms in total. The second-order valence-electron chi connectivity index (χ2n) is 16.0. The van der Waals surface area contributed by atoms with Crippen LogP contribution < -0.4 is 0 Å². The van der Waals surface area contributed by atoms with E-state index in [1.165, 1.54) is 0 Å². The molecular formula is C54H58O10. The van der Waals surface area contributed by atoms with E-state index in [4.69, 9.17) is 47.4 Å². The van der Waals surface area contributed by atoms with Crippen LogP contribution in [0.25, 0.3) is 0 Å². The van der Waals surface area contributed by atoms with Crippen molar-refractivity contribution in [1.82, 2.24) is 0 Å². The molecule has 6 aromatic carbocycles.